The molecule has 0 aliphatic carbocycles. The molecule has 10 heteroatoms. The van der Waals surface area contributed by atoms with Crippen LogP contribution >= 0.6 is 0 Å². The second-order valence-corrected chi connectivity index (χ2v) is 4.26. The molecule has 2 rings (SSSR count). The lowest BCUT2D eigenvalue weighted by Crippen LogP contribution is -2.30. The normalized spacial score (nSPS) is 11.4. The molecule has 1 aromatic heterocycles. The van der Waals surface area contributed by atoms with Gasteiger partial charge in [-0.1, -0.05) is 0 Å². The summed E-state index contributed by atoms with van der Waals surface area (Å²) in [4.78, 5) is 37.3. The zero-order valence-electron chi connectivity index (χ0n) is 10.7. The number of rotatable bonds is 3. The molecule has 116 valence electrons. The highest BCUT2D eigenvalue weighted by Gasteiger charge is 2.38. The fourth-order valence-electron chi connectivity index (χ4n) is 1.70. The Labute approximate surface area is 120 Å². The standard InChI is InChI=1S/C12H8F3N3O4/c13-12(14,15)11(22)17-6-1-2-8-7(3-6)10(21)18(5-16-8)4-9(19)20/h1-3,5H,4H2,(H,17,22)(H,19,20). The van der Waals surface area contributed by atoms with Crippen LogP contribution in [0.25, 0.3) is 10.9 Å². The summed E-state index contributed by atoms with van der Waals surface area (Å²) < 4.78 is 37.3. The number of carboxylic acid groups (broad SMARTS) is 1. The number of aromatic nitrogens is 2. The van der Waals surface area contributed by atoms with Crippen molar-refractivity contribution in [1.82, 2.24) is 9.55 Å². The summed E-state index contributed by atoms with van der Waals surface area (Å²) in [5, 5.41) is 10.2. The first kappa shape index (κ1) is 15.5. The molecule has 0 saturated carbocycles. The number of nitrogens with one attached hydrogen (secondary N) is 1. The minimum absolute atomic E-state index is 0.108. The topological polar surface area (TPSA) is 101 Å². The number of nitrogens with zero attached hydrogens (tertiary/aromatic N) is 2. The molecule has 1 heterocycles. The molecule has 0 atom stereocenters. The molecular formula is C12H8F3N3O4. The van der Waals surface area contributed by atoms with Crippen molar-refractivity contribution >= 4 is 28.5 Å². The first-order valence-electron chi connectivity index (χ1n) is 5.77. The largest absolute Gasteiger partial charge is 0.480 e. The number of hydrogen-bond donors (Lipinski definition) is 2. The number of carbonyl (C=O) groups excluding carboxylic acids is 1. The number of alkyl halides is 3. The molecule has 1 aromatic carbocycles. The third kappa shape index (κ3) is 3.22. The maximum absolute atomic E-state index is 12.2. The molecule has 0 aliphatic rings. The van der Waals surface area contributed by atoms with E-state index in [1.807, 2.05) is 0 Å². The maximum atomic E-state index is 12.2. The van der Waals surface area contributed by atoms with Crippen LogP contribution in [0, 0.1) is 0 Å². The minimum atomic E-state index is -5.06. The van der Waals surface area contributed by atoms with E-state index < -0.39 is 30.2 Å². The number of aliphatic carboxylic acids is 1. The number of halogens is 3. The maximum Gasteiger partial charge on any atom is 0.471 e. The van der Waals surface area contributed by atoms with Crippen LogP contribution in [0.2, 0.25) is 0 Å². The van der Waals surface area contributed by atoms with Crippen molar-refractivity contribution in [2.24, 2.45) is 0 Å². The summed E-state index contributed by atoms with van der Waals surface area (Å²) in [6.45, 7) is -0.638. The van der Waals surface area contributed by atoms with Crippen molar-refractivity contribution in [2.45, 2.75) is 12.7 Å². The van der Waals surface area contributed by atoms with E-state index in [-0.39, 0.29) is 16.6 Å². The Morgan fingerprint density at radius 2 is 2.00 bits per heavy atom. The van der Waals surface area contributed by atoms with Gasteiger partial charge in [0.25, 0.3) is 5.56 Å². The predicted octanol–water partition coefficient (Wildman–Crippen LogP) is 0.982. The average molecular weight is 315 g/mol. The molecule has 2 N–H and O–H groups in total. The first-order valence-corrected chi connectivity index (χ1v) is 5.77. The van der Waals surface area contributed by atoms with Gasteiger partial charge in [-0.2, -0.15) is 13.2 Å². The molecule has 0 aliphatic heterocycles. The number of anilines is 1. The molecule has 1 amide bonds. The molecule has 22 heavy (non-hydrogen) atoms. The van der Waals surface area contributed by atoms with Gasteiger partial charge in [-0.15, -0.1) is 0 Å². The Kier molecular flexibility index (Phi) is 3.85. The first-order chi connectivity index (χ1) is 10.2. The number of carbonyl (C=O) groups is 2. The van der Waals surface area contributed by atoms with E-state index in [0.717, 1.165) is 23.0 Å². The molecule has 0 unspecified atom stereocenters. The van der Waals surface area contributed by atoms with Gasteiger partial charge in [0.05, 0.1) is 17.2 Å². The Hall–Kier alpha value is -2.91. The molecule has 0 bridgehead atoms. The summed E-state index contributed by atoms with van der Waals surface area (Å²) >= 11 is 0. The summed E-state index contributed by atoms with van der Waals surface area (Å²) in [5.74, 6) is -3.45. The van der Waals surface area contributed by atoms with Crippen molar-refractivity contribution in [2.75, 3.05) is 5.32 Å². The molecule has 7 nitrogen and oxygen atoms in total. The lowest BCUT2D eigenvalue weighted by Gasteiger charge is -2.09. The minimum Gasteiger partial charge on any atom is -0.480 e. The van der Waals surface area contributed by atoms with Crippen LogP contribution in [0.15, 0.2) is 29.3 Å². The zero-order chi connectivity index (χ0) is 16.5. The van der Waals surface area contributed by atoms with Gasteiger partial charge in [0, 0.05) is 5.69 Å². The van der Waals surface area contributed by atoms with Gasteiger partial charge in [0.1, 0.15) is 6.54 Å². The van der Waals surface area contributed by atoms with E-state index in [9.17, 15) is 27.6 Å². The van der Waals surface area contributed by atoms with Crippen LogP contribution in [0.4, 0.5) is 18.9 Å². The molecular weight excluding hydrogens is 307 g/mol. The third-order valence-electron chi connectivity index (χ3n) is 2.64. The molecule has 0 fully saturated rings. The Bertz CT molecular complexity index is 813. The SMILES string of the molecule is O=C(O)Cn1cnc2ccc(NC(=O)C(F)(F)F)cc2c1=O. The molecule has 0 saturated heterocycles. The molecule has 2 aromatic rings. The van der Waals surface area contributed by atoms with Gasteiger partial charge in [-0.05, 0) is 18.2 Å². The van der Waals surface area contributed by atoms with E-state index in [4.69, 9.17) is 5.11 Å². The van der Waals surface area contributed by atoms with Gasteiger partial charge < -0.3 is 10.4 Å². The van der Waals surface area contributed by atoms with Crippen LogP contribution in [0.3, 0.4) is 0 Å². The fourth-order valence-corrected chi connectivity index (χ4v) is 1.70. The van der Waals surface area contributed by atoms with Crippen molar-refractivity contribution in [3.8, 4) is 0 Å². The highest BCUT2D eigenvalue weighted by atomic mass is 19.4. The Morgan fingerprint density at radius 3 is 2.59 bits per heavy atom. The predicted molar refractivity (Wildman–Crippen MR) is 68.3 cm³/mol. The summed E-state index contributed by atoms with van der Waals surface area (Å²) in [7, 11) is 0. The van der Waals surface area contributed by atoms with Crippen LogP contribution in [0.1, 0.15) is 0 Å². The Morgan fingerprint density at radius 1 is 1.32 bits per heavy atom. The average Bonchev–Trinajstić information content (AvgIpc) is 2.41. The van der Waals surface area contributed by atoms with Gasteiger partial charge in [0.2, 0.25) is 0 Å². The monoisotopic (exact) mass is 315 g/mol. The van der Waals surface area contributed by atoms with E-state index in [1.54, 1.807) is 5.32 Å². The van der Waals surface area contributed by atoms with Crippen molar-refractivity contribution in [3.63, 3.8) is 0 Å². The van der Waals surface area contributed by atoms with E-state index in [1.165, 1.54) is 6.07 Å². The van der Waals surface area contributed by atoms with Gasteiger partial charge in [0.15, 0.2) is 0 Å². The number of fused-ring (bicyclic) bond motifs is 1. The quantitative estimate of drug-likeness (QED) is 0.879. The summed E-state index contributed by atoms with van der Waals surface area (Å²) in [6.07, 6.45) is -4.04. The van der Waals surface area contributed by atoms with E-state index in [0.29, 0.717) is 0 Å². The second-order valence-electron chi connectivity index (χ2n) is 4.26. The van der Waals surface area contributed by atoms with Crippen LogP contribution in [-0.2, 0) is 16.1 Å². The third-order valence-corrected chi connectivity index (χ3v) is 2.64. The van der Waals surface area contributed by atoms with Gasteiger partial charge in [-0.25, -0.2) is 4.98 Å². The summed E-state index contributed by atoms with van der Waals surface area (Å²) in [5.41, 5.74) is -0.825. The Balaban J connectivity index is 2.44. The number of amides is 1. The van der Waals surface area contributed by atoms with Crippen LogP contribution < -0.4 is 10.9 Å². The zero-order valence-corrected chi connectivity index (χ0v) is 10.7. The highest BCUT2D eigenvalue weighted by Crippen LogP contribution is 2.20. The number of benzene rings is 1. The molecule has 0 spiro atoms. The van der Waals surface area contributed by atoms with Crippen LogP contribution in [-0.4, -0.2) is 32.7 Å². The van der Waals surface area contributed by atoms with Gasteiger partial charge in [-0.3, -0.25) is 19.0 Å². The highest BCUT2D eigenvalue weighted by molar-refractivity contribution is 5.96. The van der Waals surface area contributed by atoms with E-state index >= 15 is 0 Å². The second kappa shape index (κ2) is 5.47. The van der Waals surface area contributed by atoms with Crippen molar-refractivity contribution in [3.05, 3.63) is 34.9 Å². The fraction of sp³-hybridized carbons (Fsp3) is 0.167. The van der Waals surface area contributed by atoms with Gasteiger partial charge >= 0.3 is 18.1 Å². The number of carboxylic acids is 1. The molecule has 0 radical (unpaired) electrons. The van der Waals surface area contributed by atoms with Crippen molar-refractivity contribution < 1.29 is 27.9 Å². The summed E-state index contributed by atoms with van der Waals surface area (Å²) in [6, 6.07) is 3.40. The smallest absolute Gasteiger partial charge is 0.471 e. The lowest BCUT2D eigenvalue weighted by atomic mass is 10.2. The van der Waals surface area contributed by atoms with Crippen molar-refractivity contribution in [1.29, 1.82) is 0 Å². The van der Waals surface area contributed by atoms with Crippen LogP contribution in [0.5, 0.6) is 0 Å². The van der Waals surface area contributed by atoms with E-state index in [2.05, 4.69) is 4.98 Å². The lowest BCUT2D eigenvalue weighted by molar-refractivity contribution is -0.167. The number of hydrogen-bond acceptors (Lipinski definition) is 4.